The number of rotatable bonds is 6. The fourth-order valence-corrected chi connectivity index (χ4v) is 5.79. The van der Waals surface area contributed by atoms with Gasteiger partial charge in [-0.2, -0.15) is 5.26 Å². The summed E-state index contributed by atoms with van der Waals surface area (Å²) in [7, 11) is 1.81. The van der Waals surface area contributed by atoms with Gasteiger partial charge >= 0.3 is 0 Å². The lowest BCUT2D eigenvalue weighted by Gasteiger charge is -2.37. The number of nitriles is 1. The summed E-state index contributed by atoms with van der Waals surface area (Å²) >= 11 is 14.5. The zero-order valence-corrected chi connectivity index (χ0v) is 23.0. The van der Waals surface area contributed by atoms with Gasteiger partial charge < -0.3 is 20.1 Å². The van der Waals surface area contributed by atoms with E-state index in [-0.39, 0.29) is 12.4 Å². The molecule has 0 bridgehead atoms. The number of hydrogen-bond acceptors (Lipinski definition) is 6. The first-order valence-corrected chi connectivity index (χ1v) is 13.0. The Labute approximate surface area is 228 Å². The van der Waals surface area contributed by atoms with Crippen LogP contribution in [0.1, 0.15) is 43.2 Å². The Morgan fingerprint density at radius 3 is 2.69 bits per heavy atom. The molecule has 1 aliphatic heterocycles. The predicted molar refractivity (Wildman–Crippen MR) is 144 cm³/mol. The molecule has 4 rings (SSSR count). The molecule has 1 aliphatic carbocycles. The van der Waals surface area contributed by atoms with Gasteiger partial charge in [0, 0.05) is 40.3 Å². The molecule has 0 amide bonds. The number of ketones is 1. The molecule has 182 valence electrons. The first kappa shape index (κ1) is 25.7. The van der Waals surface area contributed by atoms with Crippen LogP contribution >= 0.6 is 45.8 Å². The monoisotopic (exact) mass is 623 g/mol. The van der Waals surface area contributed by atoms with E-state index >= 15 is 0 Å². The number of carbonyl (C=O) groups is 1. The van der Waals surface area contributed by atoms with Crippen LogP contribution in [-0.2, 0) is 11.4 Å². The molecule has 1 heterocycles. The molecule has 0 saturated carbocycles. The average molecular weight is 624 g/mol. The van der Waals surface area contributed by atoms with Gasteiger partial charge in [0.2, 0.25) is 0 Å². The van der Waals surface area contributed by atoms with E-state index in [2.05, 4.69) is 28.7 Å². The zero-order chi connectivity index (χ0) is 25.3. The summed E-state index contributed by atoms with van der Waals surface area (Å²) in [6.45, 7) is 2.53. The topological polar surface area (TPSA) is 88.6 Å². The van der Waals surface area contributed by atoms with Gasteiger partial charge in [-0.25, -0.2) is 0 Å². The third kappa shape index (κ3) is 4.97. The maximum atomic E-state index is 13.1. The maximum Gasteiger partial charge on any atom is 0.174 e. The molecule has 2 aromatic rings. The standard InChI is InChI=1S/C26H24Cl2IN3O3/c1-3-34-22-10-15(9-19(29)25(22)35-13-14-7-8-16(27)11-18(14)28)23-17(12-30)26(31)32(2)20-5-4-6-21(33)24(20)23/h7-11,23H,3-6,13,31H2,1-2H3/t23-/m0/s1. The van der Waals surface area contributed by atoms with E-state index in [1.807, 2.05) is 32.2 Å². The predicted octanol–water partition coefficient (Wildman–Crippen LogP) is 6.31. The molecule has 0 unspecified atom stereocenters. The minimum absolute atomic E-state index is 0.0500. The lowest BCUT2D eigenvalue weighted by molar-refractivity contribution is -0.116. The summed E-state index contributed by atoms with van der Waals surface area (Å²) in [6.07, 6.45) is 1.97. The van der Waals surface area contributed by atoms with Crippen LogP contribution in [0.25, 0.3) is 0 Å². The highest BCUT2D eigenvalue weighted by Crippen LogP contribution is 2.47. The smallest absolute Gasteiger partial charge is 0.174 e. The molecular weight excluding hydrogens is 600 g/mol. The SMILES string of the molecule is CCOc1cc([C@H]2C(C#N)=C(N)N(C)C3=C2C(=O)CCC3)cc(I)c1OCc1ccc(Cl)cc1Cl. The van der Waals surface area contributed by atoms with Crippen LogP contribution in [0.4, 0.5) is 0 Å². The quantitative estimate of drug-likeness (QED) is 0.380. The van der Waals surface area contributed by atoms with Gasteiger partial charge in [0.1, 0.15) is 12.4 Å². The van der Waals surface area contributed by atoms with Crippen LogP contribution in [0.3, 0.4) is 0 Å². The normalized spacial score (nSPS) is 17.9. The van der Waals surface area contributed by atoms with E-state index in [9.17, 15) is 10.1 Å². The molecular formula is C26H24Cl2IN3O3. The zero-order valence-electron chi connectivity index (χ0n) is 19.3. The summed E-state index contributed by atoms with van der Waals surface area (Å²) in [5, 5.41) is 11.1. The van der Waals surface area contributed by atoms with Gasteiger partial charge in [-0.15, -0.1) is 0 Å². The summed E-state index contributed by atoms with van der Waals surface area (Å²) in [5.41, 5.74) is 9.82. The third-order valence-electron chi connectivity index (χ3n) is 6.22. The molecule has 0 spiro atoms. The average Bonchev–Trinajstić information content (AvgIpc) is 2.82. The highest BCUT2D eigenvalue weighted by molar-refractivity contribution is 14.1. The van der Waals surface area contributed by atoms with Crippen LogP contribution in [0.5, 0.6) is 11.5 Å². The first-order valence-electron chi connectivity index (χ1n) is 11.2. The van der Waals surface area contributed by atoms with E-state index in [4.69, 9.17) is 38.4 Å². The van der Waals surface area contributed by atoms with Crippen LogP contribution in [0, 0.1) is 14.9 Å². The van der Waals surface area contributed by atoms with E-state index in [0.717, 1.165) is 33.2 Å². The number of hydrogen-bond donors (Lipinski definition) is 1. The van der Waals surface area contributed by atoms with Crippen molar-refractivity contribution in [3.05, 3.63) is 77.7 Å². The number of nitrogens with zero attached hydrogens (tertiary/aromatic N) is 2. The number of nitrogens with two attached hydrogens (primary N) is 1. The van der Waals surface area contributed by atoms with Crippen molar-refractivity contribution in [1.29, 1.82) is 5.26 Å². The molecule has 2 aromatic carbocycles. The Balaban J connectivity index is 1.78. The van der Waals surface area contributed by atoms with Crippen LogP contribution in [0.15, 0.2) is 53.0 Å². The van der Waals surface area contributed by atoms with Crippen molar-refractivity contribution in [2.24, 2.45) is 5.73 Å². The third-order valence-corrected chi connectivity index (χ3v) is 7.61. The van der Waals surface area contributed by atoms with Crippen molar-refractivity contribution >= 4 is 51.6 Å². The Morgan fingerprint density at radius 2 is 2.00 bits per heavy atom. The van der Waals surface area contributed by atoms with Crippen molar-refractivity contribution in [2.75, 3.05) is 13.7 Å². The highest BCUT2D eigenvalue weighted by atomic mass is 127. The van der Waals surface area contributed by atoms with Gasteiger partial charge in [-0.05, 0) is 72.2 Å². The summed E-state index contributed by atoms with van der Waals surface area (Å²) in [6, 6.07) is 11.3. The van der Waals surface area contributed by atoms with Crippen molar-refractivity contribution in [1.82, 2.24) is 4.90 Å². The molecule has 1 atom stereocenters. The second-order valence-electron chi connectivity index (χ2n) is 8.33. The fraction of sp³-hybridized carbons (Fsp3) is 0.308. The highest BCUT2D eigenvalue weighted by Gasteiger charge is 2.39. The van der Waals surface area contributed by atoms with Crippen molar-refractivity contribution in [2.45, 2.75) is 38.7 Å². The lowest BCUT2D eigenvalue weighted by Crippen LogP contribution is -2.36. The number of ether oxygens (including phenoxy) is 2. The number of benzene rings is 2. The van der Waals surface area contributed by atoms with E-state index < -0.39 is 5.92 Å². The lowest BCUT2D eigenvalue weighted by atomic mass is 9.76. The molecule has 9 heteroatoms. The van der Waals surface area contributed by atoms with Gasteiger partial charge in [0.05, 0.1) is 27.7 Å². The molecule has 0 radical (unpaired) electrons. The van der Waals surface area contributed by atoms with Gasteiger partial charge in [-0.1, -0.05) is 29.3 Å². The largest absolute Gasteiger partial charge is 0.490 e. The summed E-state index contributed by atoms with van der Waals surface area (Å²) in [5.74, 6) is 0.964. The van der Waals surface area contributed by atoms with Gasteiger partial charge in [0.15, 0.2) is 17.3 Å². The second kappa shape index (κ2) is 10.7. The molecule has 6 nitrogen and oxygen atoms in total. The molecule has 2 aliphatic rings. The summed E-state index contributed by atoms with van der Waals surface area (Å²) < 4.78 is 12.9. The van der Waals surface area contributed by atoms with Crippen LogP contribution in [-0.4, -0.2) is 24.3 Å². The van der Waals surface area contributed by atoms with Crippen molar-refractivity contribution < 1.29 is 14.3 Å². The molecule has 2 N–H and O–H groups in total. The molecule has 0 aromatic heterocycles. The Hall–Kier alpha value is -2.41. The van der Waals surface area contributed by atoms with E-state index in [1.54, 1.807) is 17.0 Å². The fourth-order valence-electron chi connectivity index (χ4n) is 4.54. The van der Waals surface area contributed by atoms with Gasteiger partial charge in [0.25, 0.3) is 0 Å². The summed E-state index contributed by atoms with van der Waals surface area (Å²) in [4.78, 5) is 14.8. The number of halogens is 3. The molecule has 0 saturated heterocycles. The number of carbonyl (C=O) groups excluding carboxylic acids is 1. The van der Waals surface area contributed by atoms with Crippen LogP contribution in [0.2, 0.25) is 10.0 Å². The van der Waals surface area contributed by atoms with E-state index in [0.29, 0.717) is 51.5 Å². The van der Waals surface area contributed by atoms with Crippen molar-refractivity contribution in [3.8, 4) is 17.6 Å². The van der Waals surface area contributed by atoms with Crippen molar-refractivity contribution in [3.63, 3.8) is 0 Å². The Kier molecular flexibility index (Phi) is 7.84. The van der Waals surface area contributed by atoms with Gasteiger partial charge in [-0.3, -0.25) is 4.79 Å². The number of Topliss-reactive ketones (excluding diaryl/α,β-unsaturated/α-hetero) is 1. The Morgan fingerprint density at radius 1 is 1.23 bits per heavy atom. The molecule has 35 heavy (non-hydrogen) atoms. The van der Waals surface area contributed by atoms with E-state index in [1.165, 1.54) is 0 Å². The first-order chi connectivity index (χ1) is 16.8. The van der Waals surface area contributed by atoms with Crippen LogP contribution < -0.4 is 15.2 Å². The minimum atomic E-state index is -0.550. The number of allylic oxidation sites excluding steroid dienone is 3. The second-order valence-corrected chi connectivity index (χ2v) is 10.3. The Bertz CT molecular complexity index is 1300. The minimum Gasteiger partial charge on any atom is -0.490 e. The maximum absolute atomic E-state index is 13.1. The molecule has 0 fully saturated rings.